The van der Waals surface area contributed by atoms with Crippen molar-refractivity contribution in [1.29, 1.82) is 0 Å². The smallest absolute Gasteiger partial charge is 0.184 e. The minimum absolute atomic E-state index is 0.0949. The van der Waals surface area contributed by atoms with Crippen molar-refractivity contribution in [3.63, 3.8) is 0 Å². The van der Waals surface area contributed by atoms with E-state index in [4.69, 9.17) is 5.11 Å². The first-order valence-electron chi connectivity index (χ1n) is 3.50. The van der Waals surface area contributed by atoms with Crippen molar-refractivity contribution in [2.45, 2.75) is 26.4 Å². The Balaban J connectivity index is 2.79. The zero-order valence-corrected chi connectivity index (χ0v) is 6.29. The van der Waals surface area contributed by atoms with Crippen LogP contribution in [0, 0.1) is 5.92 Å². The molecular formula is C8H12O2. The summed E-state index contributed by atoms with van der Waals surface area (Å²) in [6, 6.07) is 0. The highest BCUT2D eigenvalue weighted by atomic mass is 16.3. The van der Waals surface area contributed by atoms with Gasteiger partial charge < -0.3 is 5.11 Å². The van der Waals surface area contributed by atoms with Crippen LogP contribution in [0.25, 0.3) is 0 Å². The fourth-order valence-electron chi connectivity index (χ4n) is 1.29. The standard InChI is InChI=1S/C8H12O2/c1-5-3-6(2)8(10)7(9)4-5/h4,6,8,10H,3H2,1-2H3/t6-,8-/m1/s1. The Hall–Kier alpha value is -0.630. The normalized spacial score (nSPS) is 33.9. The average molecular weight is 140 g/mol. The molecule has 1 aliphatic rings. The molecule has 10 heavy (non-hydrogen) atoms. The number of carbonyl (C=O) groups is 1. The van der Waals surface area contributed by atoms with Crippen molar-refractivity contribution < 1.29 is 9.90 Å². The molecule has 0 spiro atoms. The molecule has 0 heterocycles. The molecule has 0 unspecified atom stereocenters. The number of ketones is 1. The van der Waals surface area contributed by atoms with E-state index in [-0.39, 0.29) is 11.7 Å². The van der Waals surface area contributed by atoms with Gasteiger partial charge >= 0.3 is 0 Å². The van der Waals surface area contributed by atoms with Gasteiger partial charge in [0.1, 0.15) is 6.10 Å². The SMILES string of the molecule is CC1=CC(=O)[C@H](O)[C@H](C)C1. The van der Waals surface area contributed by atoms with Crippen LogP contribution in [0.4, 0.5) is 0 Å². The summed E-state index contributed by atoms with van der Waals surface area (Å²) in [5.41, 5.74) is 1.07. The highest BCUT2D eigenvalue weighted by Crippen LogP contribution is 2.20. The highest BCUT2D eigenvalue weighted by Gasteiger charge is 2.24. The molecule has 2 nitrogen and oxygen atoms in total. The summed E-state index contributed by atoms with van der Waals surface area (Å²) < 4.78 is 0. The maximum absolute atomic E-state index is 10.9. The highest BCUT2D eigenvalue weighted by molar-refractivity contribution is 5.95. The molecule has 2 atom stereocenters. The van der Waals surface area contributed by atoms with Crippen LogP contribution in [0.5, 0.6) is 0 Å². The summed E-state index contributed by atoms with van der Waals surface area (Å²) >= 11 is 0. The Morgan fingerprint density at radius 3 is 2.80 bits per heavy atom. The number of allylic oxidation sites excluding steroid dienone is 1. The van der Waals surface area contributed by atoms with Crippen molar-refractivity contribution >= 4 is 5.78 Å². The number of aliphatic hydroxyl groups excluding tert-OH is 1. The van der Waals surface area contributed by atoms with Gasteiger partial charge in [0.2, 0.25) is 0 Å². The quantitative estimate of drug-likeness (QED) is 0.543. The maximum Gasteiger partial charge on any atom is 0.184 e. The van der Waals surface area contributed by atoms with Gasteiger partial charge in [-0.25, -0.2) is 0 Å². The van der Waals surface area contributed by atoms with E-state index >= 15 is 0 Å². The van der Waals surface area contributed by atoms with E-state index in [1.165, 1.54) is 6.08 Å². The summed E-state index contributed by atoms with van der Waals surface area (Å²) in [5, 5.41) is 9.17. The molecule has 1 aliphatic carbocycles. The second-order valence-electron chi connectivity index (χ2n) is 3.02. The molecule has 56 valence electrons. The third-order valence-corrected chi connectivity index (χ3v) is 1.86. The zero-order chi connectivity index (χ0) is 7.72. The summed E-state index contributed by atoms with van der Waals surface area (Å²) in [4.78, 5) is 10.9. The minimum atomic E-state index is -0.760. The molecule has 2 heteroatoms. The number of hydrogen-bond donors (Lipinski definition) is 1. The van der Waals surface area contributed by atoms with Crippen LogP contribution in [-0.2, 0) is 4.79 Å². The van der Waals surface area contributed by atoms with Crippen molar-refractivity contribution in [3.8, 4) is 0 Å². The number of hydrogen-bond acceptors (Lipinski definition) is 2. The minimum Gasteiger partial charge on any atom is -0.385 e. The van der Waals surface area contributed by atoms with Gasteiger partial charge in [0.05, 0.1) is 0 Å². The average Bonchev–Trinajstić information content (AvgIpc) is 1.82. The predicted molar refractivity (Wildman–Crippen MR) is 38.6 cm³/mol. The van der Waals surface area contributed by atoms with Gasteiger partial charge in [0, 0.05) is 0 Å². The first kappa shape index (κ1) is 7.48. The lowest BCUT2D eigenvalue weighted by Crippen LogP contribution is -2.29. The van der Waals surface area contributed by atoms with Gasteiger partial charge in [-0.05, 0) is 25.3 Å². The molecule has 0 bridgehead atoms. The molecule has 0 aromatic carbocycles. The van der Waals surface area contributed by atoms with Crippen molar-refractivity contribution in [1.82, 2.24) is 0 Å². The summed E-state index contributed by atoms with van der Waals surface area (Å²) in [6.07, 6.45) is 1.61. The molecule has 1 rings (SSSR count). The predicted octanol–water partition coefficient (Wildman–Crippen LogP) is 0.903. The number of aliphatic hydroxyl groups is 1. The maximum atomic E-state index is 10.9. The summed E-state index contributed by atoms with van der Waals surface area (Å²) in [5.74, 6) is -0.0475. The van der Waals surface area contributed by atoms with Gasteiger partial charge in [-0.15, -0.1) is 0 Å². The number of rotatable bonds is 0. The van der Waals surface area contributed by atoms with E-state index in [0.29, 0.717) is 0 Å². The van der Waals surface area contributed by atoms with E-state index < -0.39 is 6.10 Å². The largest absolute Gasteiger partial charge is 0.385 e. The van der Waals surface area contributed by atoms with Gasteiger partial charge in [0.15, 0.2) is 5.78 Å². The molecule has 0 fully saturated rings. The van der Waals surface area contributed by atoms with Crippen molar-refractivity contribution in [2.24, 2.45) is 5.92 Å². The second kappa shape index (κ2) is 2.54. The van der Waals surface area contributed by atoms with E-state index in [0.717, 1.165) is 12.0 Å². The Morgan fingerprint density at radius 1 is 1.70 bits per heavy atom. The van der Waals surface area contributed by atoms with Crippen molar-refractivity contribution in [3.05, 3.63) is 11.6 Å². The van der Waals surface area contributed by atoms with Crippen LogP contribution >= 0.6 is 0 Å². The van der Waals surface area contributed by atoms with Crippen LogP contribution in [0.15, 0.2) is 11.6 Å². The monoisotopic (exact) mass is 140 g/mol. The van der Waals surface area contributed by atoms with Crippen LogP contribution in [-0.4, -0.2) is 17.0 Å². The molecule has 1 N–H and O–H groups in total. The molecule has 0 aromatic heterocycles. The van der Waals surface area contributed by atoms with Gasteiger partial charge in [0.25, 0.3) is 0 Å². The second-order valence-corrected chi connectivity index (χ2v) is 3.02. The lowest BCUT2D eigenvalue weighted by atomic mass is 9.88. The first-order chi connectivity index (χ1) is 4.61. The van der Waals surface area contributed by atoms with Crippen LogP contribution < -0.4 is 0 Å². The van der Waals surface area contributed by atoms with Crippen molar-refractivity contribution in [2.75, 3.05) is 0 Å². The fourth-order valence-corrected chi connectivity index (χ4v) is 1.29. The Labute approximate surface area is 60.6 Å². The Kier molecular flexibility index (Phi) is 1.90. The van der Waals surface area contributed by atoms with E-state index in [2.05, 4.69) is 0 Å². The molecule has 0 radical (unpaired) electrons. The zero-order valence-electron chi connectivity index (χ0n) is 6.29. The lowest BCUT2D eigenvalue weighted by molar-refractivity contribution is -0.125. The topological polar surface area (TPSA) is 37.3 Å². The molecule has 0 saturated carbocycles. The Morgan fingerprint density at radius 2 is 2.30 bits per heavy atom. The van der Waals surface area contributed by atoms with E-state index in [1.54, 1.807) is 0 Å². The Bertz CT molecular complexity index is 182. The third-order valence-electron chi connectivity index (χ3n) is 1.86. The van der Waals surface area contributed by atoms with E-state index in [1.807, 2.05) is 13.8 Å². The summed E-state index contributed by atoms with van der Waals surface area (Å²) in [7, 11) is 0. The molecule has 0 aliphatic heterocycles. The third kappa shape index (κ3) is 1.27. The number of carbonyl (C=O) groups excluding carboxylic acids is 1. The van der Waals surface area contributed by atoms with E-state index in [9.17, 15) is 4.79 Å². The lowest BCUT2D eigenvalue weighted by Gasteiger charge is -2.21. The summed E-state index contributed by atoms with van der Waals surface area (Å²) in [6.45, 7) is 3.80. The van der Waals surface area contributed by atoms with Crippen LogP contribution in [0.1, 0.15) is 20.3 Å². The van der Waals surface area contributed by atoms with Gasteiger partial charge in [-0.3, -0.25) is 4.79 Å². The molecule has 0 amide bonds. The van der Waals surface area contributed by atoms with Gasteiger partial charge in [-0.1, -0.05) is 12.5 Å². The van der Waals surface area contributed by atoms with Crippen LogP contribution in [0.2, 0.25) is 0 Å². The van der Waals surface area contributed by atoms with Gasteiger partial charge in [-0.2, -0.15) is 0 Å². The first-order valence-corrected chi connectivity index (χ1v) is 3.50. The molecule has 0 aromatic rings. The van der Waals surface area contributed by atoms with Crippen LogP contribution in [0.3, 0.4) is 0 Å². The molecule has 0 saturated heterocycles. The molecular weight excluding hydrogens is 128 g/mol. The fraction of sp³-hybridized carbons (Fsp3) is 0.625.